The summed E-state index contributed by atoms with van der Waals surface area (Å²) in [4.78, 5) is 14.0. The first-order valence-electron chi connectivity index (χ1n) is 11.4. The van der Waals surface area contributed by atoms with Crippen LogP contribution in [0.5, 0.6) is 0 Å². The van der Waals surface area contributed by atoms with Gasteiger partial charge < -0.3 is 4.57 Å². The van der Waals surface area contributed by atoms with Gasteiger partial charge in [-0.15, -0.1) is 0 Å². The zero-order valence-corrected chi connectivity index (χ0v) is 18.3. The lowest BCUT2D eigenvalue weighted by atomic mass is 10.1. The summed E-state index contributed by atoms with van der Waals surface area (Å²) in [5.74, 6) is 0. The number of pyridine rings is 1. The number of hydrogen-bond donors (Lipinski definition) is 0. The monoisotopic (exact) mass is 436 g/mol. The molecule has 0 spiro atoms. The number of fused-ring (bicyclic) bond motifs is 6. The molecule has 2 aromatic heterocycles. The van der Waals surface area contributed by atoms with E-state index in [0.717, 1.165) is 49.5 Å². The van der Waals surface area contributed by atoms with Gasteiger partial charge in [0.25, 0.3) is 5.56 Å². The van der Waals surface area contributed by atoms with Crippen LogP contribution in [-0.4, -0.2) is 9.13 Å². The average molecular weight is 437 g/mol. The van der Waals surface area contributed by atoms with E-state index in [1.54, 1.807) is 0 Å². The molecule has 0 aliphatic heterocycles. The molecule has 0 amide bonds. The van der Waals surface area contributed by atoms with Gasteiger partial charge in [0.15, 0.2) is 0 Å². The van der Waals surface area contributed by atoms with Crippen LogP contribution in [-0.2, 0) is 0 Å². The van der Waals surface area contributed by atoms with Crippen molar-refractivity contribution in [3.05, 3.63) is 132 Å². The second-order valence-corrected chi connectivity index (χ2v) is 8.56. The van der Waals surface area contributed by atoms with Crippen LogP contribution in [0.15, 0.2) is 126 Å². The first-order chi connectivity index (χ1) is 16.8. The van der Waals surface area contributed by atoms with Gasteiger partial charge in [-0.25, -0.2) is 0 Å². The van der Waals surface area contributed by atoms with E-state index < -0.39 is 0 Å². The normalized spacial score (nSPS) is 11.6. The highest BCUT2D eigenvalue weighted by Gasteiger charge is 2.19. The van der Waals surface area contributed by atoms with Crippen molar-refractivity contribution in [2.45, 2.75) is 0 Å². The van der Waals surface area contributed by atoms with E-state index in [4.69, 9.17) is 0 Å². The Bertz CT molecular complexity index is 1930. The minimum Gasteiger partial charge on any atom is -0.307 e. The van der Waals surface area contributed by atoms with Crippen molar-refractivity contribution in [1.29, 1.82) is 0 Å². The number of nitrogens with zero attached hydrogens (tertiary/aromatic N) is 2. The molecule has 0 saturated carbocycles. The molecule has 0 aliphatic carbocycles. The van der Waals surface area contributed by atoms with Gasteiger partial charge in [0, 0.05) is 27.2 Å². The fraction of sp³-hybridized carbons (Fsp3) is 0. The number of aromatic nitrogens is 2. The Hall–Kier alpha value is -4.63. The summed E-state index contributed by atoms with van der Waals surface area (Å²) in [6.45, 7) is 0. The van der Waals surface area contributed by atoms with E-state index in [-0.39, 0.29) is 5.56 Å². The molecular weight excluding hydrogens is 416 g/mol. The average Bonchev–Trinajstić information content (AvgIpc) is 3.25. The molecule has 5 aromatic carbocycles. The maximum Gasteiger partial charge on any atom is 0.263 e. The van der Waals surface area contributed by atoms with Crippen LogP contribution in [0, 0.1) is 0 Å². The fourth-order valence-corrected chi connectivity index (χ4v) is 5.30. The maximum absolute atomic E-state index is 14.0. The van der Waals surface area contributed by atoms with Gasteiger partial charge in [0.2, 0.25) is 0 Å². The predicted octanol–water partition coefficient (Wildman–Crippen LogP) is 7.24. The topological polar surface area (TPSA) is 26.9 Å². The molecule has 3 nitrogen and oxygen atoms in total. The first-order valence-corrected chi connectivity index (χ1v) is 11.4. The summed E-state index contributed by atoms with van der Waals surface area (Å²) in [5.41, 5.74) is 4.99. The Morgan fingerprint density at radius 3 is 1.68 bits per heavy atom. The molecule has 0 saturated heterocycles. The second-order valence-electron chi connectivity index (χ2n) is 8.56. The molecule has 0 N–H and O–H groups in total. The number of para-hydroxylation sites is 4. The summed E-state index contributed by atoms with van der Waals surface area (Å²) in [7, 11) is 0. The molecular formula is C31H20N2O. The molecule has 7 aromatic rings. The van der Waals surface area contributed by atoms with Crippen molar-refractivity contribution in [2.75, 3.05) is 0 Å². The fourth-order valence-electron chi connectivity index (χ4n) is 5.30. The molecule has 2 heterocycles. The molecule has 3 heteroatoms. The summed E-state index contributed by atoms with van der Waals surface area (Å²) in [5, 5.41) is 5.07. The van der Waals surface area contributed by atoms with Crippen LogP contribution in [0.4, 0.5) is 0 Å². The summed E-state index contributed by atoms with van der Waals surface area (Å²) in [6, 6.07) is 41.1. The molecule has 0 unspecified atom stereocenters. The Morgan fingerprint density at radius 2 is 0.941 bits per heavy atom. The largest absolute Gasteiger partial charge is 0.307 e. The van der Waals surface area contributed by atoms with Gasteiger partial charge in [-0.1, -0.05) is 84.9 Å². The third-order valence-electron chi connectivity index (χ3n) is 6.72. The minimum absolute atomic E-state index is 0.00771. The van der Waals surface area contributed by atoms with E-state index in [2.05, 4.69) is 77.4 Å². The van der Waals surface area contributed by atoms with Crippen LogP contribution in [0.1, 0.15) is 0 Å². The zero-order valence-electron chi connectivity index (χ0n) is 18.3. The van der Waals surface area contributed by atoms with Gasteiger partial charge in [0.05, 0.1) is 22.2 Å². The predicted molar refractivity (Wildman–Crippen MR) is 141 cm³/mol. The molecule has 0 bridgehead atoms. The van der Waals surface area contributed by atoms with Crippen molar-refractivity contribution in [1.82, 2.24) is 9.13 Å². The molecule has 0 radical (unpaired) electrons. The van der Waals surface area contributed by atoms with Gasteiger partial charge >= 0.3 is 0 Å². The third-order valence-corrected chi connectivity index (χ3v) is 6.72. The van der Waals surface area contributed by atoms with Crippen molar-refractivity contribution < 1.29 is 0 Å². The van der Waals surface area contributed by atoms with Gasteiger partial charge in [0.1, 0.15) is 0 Å². The van der Waals surface area contributed by atoms with E-state index >= 15 is 0 Å². The minimum atomic E-state index is -0.00771. The standard InChI is InChI=1S/C31H20N2O/c34-31-26-16-5-4-13-22(26)23-14-6-9-19-28(23)33(31)29-20-10-17-25-24-15-7-8-18-27(24)32(30(25)29)21-11-2-1-3-12-21/h1-20H. The Morgan fingerprint density at radius 1 is 0.412 bits per heavy atom. The maximum atomic E-state index is 14.0. The van der Waals surface area contributed by atoms with E-state index in [1.165, 1.54) is 5.39 Å². The van der Waals surface area contributed by atoms with Gasteiger partial charge in [-0.05, 0) is 41.8 Å². The van der Waals surface area contributed by atoms with E-state index in [1.807, 2.05) is 53.1 Å². The molecule has 0 aliphatic rings. The lowest BCUT2D eigenvalue weighted by Gasteiger charge is -2.16. The van der Waals surface area contributed by atoms with Crippen LogP contribution in [0.3, 0.4) is 0 Å². The quantitative estimate of drug-likeness (QED) is 0.262. The molecule has 0 atom stereocenters. The van der Waals surface area contributed by atoms with Crippen LogP contribution >= 0.6 is 0 Å². The molecule has 34 heavy (non-hydrogen) atoms. The van der Waals surface area contributed by atoms with Crippen molar-refractivity contribution in [3.63, 3.8) is 0 Å². The highest BCUT2D eigenvalue weighted by molar-refractivity contribution is 6.13. The zero-order chi connectivity index (χ0) is 22.6. The number of benzene rings is 5. The lowest BCUT2D eigenvalue weighted by Crippen LogP contribution is -2.20. The summed E-state index contributed by atoms with van der Waals surface area (Å²) < 4.78 is 4.16. The molecule has 7 rings (SSSR count). The molecule has 160 valence electrons. The second kappa shape index (κ2) is 7.19. The Balaban J connectivity index is 1.74. The van der Waals surface area contributed by atoms with E-state index in [0.29, 0.717) is 0 Å². The number of rotatable bonds is 2. The first kappa shape index (κ1) is 18.9. The smallest absolute Gasteiger partial charge is 0.263 e. The van der Waals surface area contributed by atoms with Gasteiger partial charge in [-0.2, -0.15) is 0 Å². The van der Waals surface area contributed by atoms with Crippen molar-refractivity contribution >= 4 is 43.5 Å². The number of hydrogen-bond acceptors (Lipinski definition) is 1. The van der Waals surface area contributed by atoms with Crippen LogP contribution in [0.25, 0.3) is 54.9 Å². The van der Waals surface area contributed by atoms with Crippen molar-refractivity contribution in [3.8, 4) is 11.4 Å². The summed E-state index contributed by atoms with van der Waals surface area (Å²) >= 11 is 0. The van der Waals surface area contributed by atoms with Crippen LogP contribution < -0.4 is 5.56 Å². The SMILES string of the molecule is O=c1c2ccccc2c2ccccc2n1-c1cccc2c3ccccc3n(-c3ccccc3)c12. The Labute approximate surface area is 195 Å². The Kier molecular flexibility index (Phi) is 4.00. The highest BCUT2D eigenvalue weighted by atomic mass is 16.1. The van der Waals surface area contributed by atoms with E-state index in [9.17, 15) is 4.79 Å². The lowest BCUT2D eigenvalue weighted by molar-refractivity contribution is 1.05. The van der Waals surface area contributed by atoms with Crippen molar-refractivity contribution in [2.24, 2.45) is 0 Å². The molecule has 0 fully saturated rings. The van der Waals surface area contributed by atoms with Crippen LogP contribution in [0.2, 0.25) is 0 Å². The summed E-state index contributed by atoms with van der Waals surface area (Å²) in [6.07, 6.45) is 0. The van der Waals surface area contributed by atoms with Gasteiger partial charge in [-0.3, -0.25) is 9.36 Å². The third kappa shape index (κ3) is 2.55. The highest BCUT2D eigenvalue weighted by Crippen LogP contribution is 2.36.